The Labute approximate surface area is 177 Å². The van der Waals surface area contributed by atoms with Gasteiger partial charge in [-0.1, -0.05) is 54.2 Å². The van der Waals surface area contributed by atoms with Crippen molar-refractivity contribution in [3.8, 4) is 11.3 Å². The summed E-state index contributed by atoms with van der Waals surface area (Å²) in [7, 11) is 0. The van der Waals surface area contributed by atoms with E-state index in [1.165, 1.54) is 11.8 Å². The highest BCUT2D eigenvalue weighted by Crippen LogP contribution is 2.35. The standard InChI is InChI=1S/C22H20N4OS2/c1-13-8-7-11-17(14(13)2)24-18(27)12-28-22-20-21(29-15(3)23-20)19(25-26-22)16-9-5-4-6-10-16/h4-11H,12H2,1-3H3,(H,24,27). The van der Waals surface area contributed by atoms with Crippen LogP contribution >= 0.6 is 23.1 Å². The Hall–Kier alpha value is -2.77. The summed E-state index contributed by atoms with van der Waals surface area (Å²) in [5, 5.41) is 13.4. The Bertz CT molecular complexity index is 1190. The Morgan fingerprint density at radius 2 is 1.83 bits per heavy atom. The molecule has 4 rings (SSSR count). The smallest absolute Gasteiger partial charge is 0.234 e. The molecule has 146 valence electrons. The maximum Gasteiger partial charge on any atom is 0.234 e. The van der Waals surface area contributed by atoms with E-state index in [0.717, 1.165) is 43.3 Å². The average Bonchev–Trinajstić information content (AvgIpc) is 3.12. The molecule has 0 saturated heterocycles. The van der Waals surface area contributed by atoms with Crippen LogP contribution in [0.3, 0.4) is 0 Å². The van der Waals surface area contributed by atoms with Gasteiger partial charge in [-0.3, -0.25) is 4.79 Å². The molecular weight excluding hydrogens is 400 g/mol. The Balaban J connectivity index is 1.56. The fourth-order valence-electron chi connectivity index (χ4n) is 3.01. The number of carbonyl (C=O) groups is 1. The number of thiazole rings is 1. The van der Waals surface area contributed by atoms with Crippen molar-refractivity contribution in [1.82, 2.24) is 15.2 Å². The quantitative estimate of drug-likeness (QED) is 0.437. The van der Waals surface area contributed by atoms with Gasteiger partial charge >= 0.3 is 0 Å². The topological polar surface area (TPSA) is 67.8 Å². The van der Waals surface area contributed by atoms with Gasteiger partial charge in [-0.25, -0.2) is 4.98 Å². The number of hydrogen-bond acceptors (Lipinski definition) is 6. The zero-order valence-corrected chi connectivity index (χ0v) is 18.0. The second-order valence-corrected chi connectivity index (χ2v) is 8.88. The number of nitrogens with one attached hydrogen (secondary N) is 1. The predicted octanol–water partition coefficient (Wildman–Crippen LogP) is 5.41. The SMILES string of the molecule is Cc1nc2c(SCC(=O)Nc3cccc(C)c3C)nnc(-c3ccccc3)c2s1. The van der Waals surface area contributed by atoms with Gasteiger partial charge < -0.3 is 5.32 Å². The lowest BCUT2D eigenvalue weighted by molar-refractivity contribution is -0.113. The molecule has 4 aromatic rings. The van der Waals surface area contributed by atoms with E-state index in [9.17, 15) is 4.79 Å². The summed E-state index contributed by atoms with van der Waals surface area (Å²) in [6, 6.07) is 15.9. The van der Waals surface area contributed by atoms with Crippen LogP contribution in [0, 0.1) is 20.8 Å². The van der Waals surface area contributed by atoms with Crippen LogP contribution in [-0.4, -0.2) is 26.8 Å². The molecule has 0 saturated carbocycles. The average molecular weight is 421 g/mol. The molecule has 0 atom stereocenters. The molecule has 0 unspecified atom stereocenters. The number of nitrogens with zero attached hydrogens (tertiary/aromatic N) is 3. The molecule has 0 aliphatic carbocycles. The van der Waals surface area contributed by atoms with Gasteiger partial charge in [0, 0.05) is 11.3 Å². The molecule has 0 bridgehead atoms. The van der Waals surface area contributed by atoms with Gasteiger partial charge in [0.25, 0.3) is 0 Å². The summed E-state index contributed by atoms with van der Waals surface area (Å²) in [4.78, 5) is 17.1. The molecule has 2 heterocycles. The maximum absolute atomic E-state index is 12.5. The minimum absolute atomic E-state index is 0.0715. The number of rotatable bonds is 5. The Morgan fingerprint density at radius 3 is 2.62 bits per heavy atom. The fourth-order valence-corrected chi connectivity index (χ4v) is 4.72. The van der Waals surface area contributed by atoms with Crippen LogP contribution in [0.4, 0.5) is 5.69 Å². The molecule has 0 spiro atoms. The van der Waals surface area contributed by atoms with E-state index in [-0.39, 0.29) is 11.7 Å². The molecule has 0 aliphatic heterocycles. The van der Waals surface area contributed by atoms with Crippen LogP contribution in [0.25, 0.3) is 21.5 Å². The van der Waals surface area contributed by atoms with Gasteiger partial charge in [0.05, 0.1) is 15.5 Å². The number of fused-ring (bicyclic) bond motifs is 1. The highest BCUT2D eigenvalue weighted by molar-refractivity contribution is 8.00. The number of benzene rings is 2. The lowest BCUT2D eigenvalue weighted by atomic mass is 10.1. The first-order chi connectivity index (χ1) is 14.0. The zero-order valence-electron chi connectivity index (χ0n) is 16.4. The molecule has 1 amide bonds. The van der Waals surface area contributed by atoms with Crippen molar-refractivity contribution in [2.24, 2.45) is 0 Å². The molecule has 7 heteroatoms. The highest BCUT2D eigenvalue weighted by Gasteiger charge is 2.17. The Morgan fingerprint density at radius 1 is 1.03 bits per heavy atom. The van der Waals surface area contributed by atoms with Crippen molar-refractivity contribution in [3.63, 3.8) is 0 Å². The largest absolute Gasteiger partial charge is 0.325 e. The van der Waals surface area contributed by atoms with Gasteiger partial charge in [0.1, 0.15) is 16.2 Å². The minimum atomic E-state index is -0.0715. The van der Waals surface area contributed by atoms with E-state index >= 15 is 0 Å². The number of hydrogen-bond donors (Lipinski definition) is 1. The second-order valence-electron chi connectivity index (χ2n) is 6.71. The molecule has 1 N–H and O–H groups in total. The van der Waals surface area contributed by atoms with E-state index in [1.807, 2.05) is 69.3 Å². The molecule has 0 aliphatic rings. The summed E-state index contributed by atoms with van der Waals surface area (Å²) in [5.74, 6) is 0.177. The first-order valence-corrected chi connectivity index (χ1v) is 11.0. The number of aryl methyl sites for hydroxylation is 2. The third kappa shape index (κ3) is 4.16. The lowest BCUT2D eigenvalue weighted by Gasteiger charge is -2.10. The number of amides is 1. The third-order valence-electron chi connectivity index (χ3n) is 4.66. The van der Waals surface area contributed by atoms with Gasteiger partial charge in [-0.15, -0.1) is 21.5 Å². The molecule has 0 radical (unpaired) electrons. The zero-order chi connectivity index (χ0) is 20.4. The van der Waals surface area contributed by atoms with Gasteiger partial charge in [0.15, 0.2) is 0 Å². The number of carbonyl (C=O) groups excluding carboxylic acids is 1. The van der Waals surface area contributed by atoms with Crippen molar-refractivity contribution in [3.05, 3.63) is 64.7 Å². The number of aromatic nitrogens is 3. The summed E-state index contributed by atoms with van der Waals surface area (Å²) >= 11 is 2.96. The van der Waals surface area contributed by atoms with Crippen LogP contribution in [-0.2, 0) is 4.79 Å². The highest BCUT2D eigenvalue weighted by atomic mass is 32.2. The van der Waals surface area contributed by atoms with Gasteiger partial charge in [-0.05, 0) is 38.0 Å². The van der Waals surface area contributed by atoms with E-state index in [4.69, 9.17) is 0 Å². The third-order valence-corrected chi connectivity index (χ3v) is 6.59. The molecule has 2 aromatic carbocycles. The summed E-state index contributed by atoms with van der Waals surface area (Å²) in [6.07, 6.45) is 0. The van der Waals surface area contributed by atoms with Crippen molar-refractivity contribution in [2.75, 3.05) is 11.1 Å². The summed E-state index contributed by atoms with van der Waals surface area (Å²) in [6.45, 7) is 6.01. The van der Waals surface area contributed by atoms with Crippen molar-refractivity contribution in [2.45, 2.75) is 25.8 Å². The van der Waals surface area contributed by atoms with E-state index in [0.29, 0.717) is 5.03 Å². The second kappa shape index (κ2) is 8.31. The van der Waals surface area contributed by atoms with Crippen LogP contribution in [0.2, 0.25) is 0 Å². The van der Waals surface area contributed by atoms with Crippen LogP contribution in [0.1, 0.15) is 16.1 Å². The van der Waals surface area contributed by atoms with Crippen molar-refractivity contribution >= 4 is 44.9 Å². The van der Waals surface area contributed by atoms with Crippen LogP contribution in [0.15, 0.2) is 53.6 Å². The molecular formula is C22H20N4OS2. The number of anilines is 1. The van der Waals surface area contributed by atoms with Crippen LogP contribution in [0.5, 0.6) is 0 Å². The molecule has 2 aromatic heterocycles. The molecule has 5 nitrogen and oxygen atoms in total. The first-order valence-electron chi connectivity index (χ1n) is 9.21. The molecule has 0 fully saturated rings. The fraction of sp³-hybridized carbons (Fsp3) is 0.182. The maximum atomic E-state index is 12.5. The molecule has 29 heavy (non-hydrogen) atoms. The van der Waals surface area contributed by atoms with Gasteiger partial charge in [0.2, 0.25) is 5.91 Å². The Kier molecular flexibility index (Phi) is 5.60. The minimum Gasteiger partial charge on any atom is -0.325 e. The summed E-state index contributed by atoms with van der Waals surface area (Å²) < 4.78 is 1.00. The van der Waals surface area contributed by atoms with Crippen LogP contribution < -0.4 is 5.32 Å². The predicted molar refractivity (Wildman–Crippen MR) is 121 cm³/mol. The van der Waals surface area contributed by atoms with Gasteiger partial charge in [-0.2, -0.15) is 0 Å². The number of thioether (sulfide) groups is 1. The van der Waals surface area contributed by atoms with E-state index in [2.05, 4.69) is 20.5 Å². The van der Waals surface area contributed by atoms with Crippen molar-refractivity contribution < 1.29 is 4.79 Å². The first kappa shape index (κ1) is 19.5. The normalized spacial score (nSPS) is 11.0. The van der Waals surface area contributed by atoms with Crippen molar-refractivity contribution in [1.29, 1.82) is 0 Å². The lowest BCUT2D eigenvalue weighted by Crippen LogP contribution is -2.15. The summed E-state index contributed by atoms with van der Waals surface area (Å²) in [5.41, 5.74) is 5.72. The van der Waals surface area contributed by atoms with E-state index in [1.54, 1.807) is 11.3 Å². The monoisotopic (exact) mass is 420 g/mol. The van der Waals surface area contributed by atoms with E-state index < -0.39 is 0 Å².